The van der Waals surface area contributed by atoms with Crippen LogP contribution < -0.4 is 5.32 Å². The molecule has 112 valence electrons. The first kappa shape index (κ1) is 14.1. The minimum atomic E-state index is -0.681. The van der Waals surface area contributed by atoms with E-state index in [0.29, 0.717) is 5.56 Å². The smallest absolute Gasteiger partial charge is 0.247 e. The molecule has 1 aromatic heterocycles. The molecular weight excluding hydrogens is 295 g/mol. The van der Waals surface area contributed by atoms with E-state index >= 15 is 0 Å². The third kappa shape index (κ3) is 3.25. The third-order valence-electron chi connectivity index (χ3n) is 2.86. The zero-order valence-corrected chi connectivity index (χ0v) is 11.2. The summed E-state index contributed by atoms with van der Waals surface area (Å²) in [6.07, 6.45) is 0. The van der Waals surface area contributed by atoms with Gasteiger partial charge >= 0.3 is 0 Å². The van der Waals surface area contributed by atoms with E-state index in [1.807, 2.05) is 0 Å². The molecule has 4 nitrogen and oxygen atoms in total. The fourth-order valence-electron chi connectivity index (χ4n) is 1.87. The summed E-state index contributed by atoms with van der Waals surface area (Å²) in [6.45, 7) is 0.108. The molecule has 0 radical (unpaired) electrons. The van der Waals surface area contributed by atoms with E-state index in [0.717, 1.165) is 18.2 Å². The summed E-state index contributed by atoms with van der Waals surface area (Å²) in [7, 11) is 0. The Labute approximate surface area is 123 Å². The Bertz CT molecular complexity index is 767. The van der Waals surface area contributed by atoms with Gasteiger partial charge in [-0.3, -0.25) is 0 Å². The zero-order valence-electron chi connectivity index (χ0n) is 11.2. The van der Waals surface area contributed by atoms with Crippen LogP contribution in [0.3, 0.4) is 0 Å². The van der Waals surface area contributed by atoms with Crippen LogP contribution in [0.1, 0.15) is 5.89 Å². The normalized spacial score (nSPS) is 10.7. The van der Waals surface area contributed by atoms with Crippen molar-refractivity contribution in [2.24, 2.45) is 0 Å². The number of nitrogens with zero attached hydrogens (tertiary/aromatic N) is 2. The van der Waals surface area contributed by atoms with Crippen molar-refractivity contribution in [3.63, 3.8) is 0 Å². The Morgan fingerprint density at radius 2 is 1.55 bits per heavy atom. The van der Waals surface area contributed by atoms with Gasteiger partial charge < -0.3 is 9.73 Å². The second kappa shape index (κ2) is 5.88. The second-order valence-corrected chi connectivity index (χ2v) is 4.52. The fraction of sp³-hybridized carbons (Fsp3) is 0.0667. The highest BCUT2D eigenvalue weighted by atomic mass is 19.1. The van der Waals surface area contributed by atoms with Crippen LogP contribution in [-0.4, -0.2) is 10.2 Å². The molecule has 3 rings (SSSR count). The number of benzene rings is 2. The number of hydrogen-bond acceptors (Lipinski definition) is 4. The van der Waals surface area contributed by atoms with Crippen molar-refractivity contribution >= 4 is 5.69 Å². The lowest BCUT2D eigenvalue weighted by Crippen LogP contribution is -2.00. The first-order valence-corrected chi connectivity index (χ1v) is 6.38. The first-order valence-electron chi connectivity index (χ1n) is 6.38. The molecule has 0 unspecified atom stereocenters. The van der Waals surface area contributed by atoms with Crippen molar-refractivity contribution in [2.45, 2.75) is 6.54 Å². The summed E-state index contributed by atoms with van der Waals surface area (Å²) in [6, 6.07) is 8.69. The highest BCUT2D eigenvalue weighted by Gasteiger charge is 2.09. The maximum absolute atomic E-state index is 13.0. The molecule has 0 bridgehead atoms. The monoisotopic (exact) mass is 305 g/mol. The molecule has 22 heavy (non-hydrogen) atoms. The quantitative estimate of drug-likeness (QED) is 0.797. The van der Waals surface area contributed by atoms with Crippen LogP contribution in [0.15, 0.2) is 46.9 Å². The van der Waals surface area contributed by atoms with Gasteiger partial charge in [0.15, 0.2) is 0 Å². The highest BCUT2D eigenvalue weighted by molar-refractivity contribution is 5.52. The minimum absolute atomic E-state index is 0.108. The molecule has 0 fully saturated rings. The summed E-state index contributed by atoms with van der Waals surface area (Å²) in [5.41, 5.74) is 0.844. The number of rotatable bonds is 4. The average Bonchev–Trinajstić information content (AvgIpc) is 2.94. The number of anilines is 1. The molecule has 0 saturated carbocycles. The van der Waals surface area contributed by atoms with Crippen LogP contribution in [0.5, 0.6) is 0 Å². The number of halogens is 3. The van der Waals surface area contributed by atoms with Crippen molar-refractivity contribution < 1.29 is 17.6 Å². The van der Waals surface area contributed by atoms with Gasteiger partial charge in [-0.25, -0.2) is 13.2 Å². The van der Waals surface area contributed by atoms with E-state index in [1.54, 1.807) is 0 Å². The SMILES string of the molecule is Fc1ccc(-c2nnc(CNc3cc(F)cc(F)c3)o2)cc1. The predicted molar refractivity (Wildman–Crippen MR) is 73.4 cm³/mol. The molecule has 7 heteroatoms. The van der Waals surface area contributed by atoms with Crippen LogP contribution in [0, 0.1) is 17.5 Å². The van der Waals surface area contributed by atoms with Gasteiger partial charge in [-0.1, -0.05) is 0 Å². The van der Waals surface area contributed by atoms with Crippen LogP contribution in [0.2, 0.25) is 0 Å². The molecule has 1 heterocycles. The van der Waals surface area contributed by atoms with E-state index in [2.05, 4.69) is 15.5 Å². The van der Waals surface area contributed by atoms with Gasteiger partial charge in [0, 0.05) is 17.3 Å². The van der Waals surface area contributed by atoms with E-state index in [4.69, 9.17) is 4.42 Å². The predicted octanol–water partition coefficient (Wildman–Crippen LogP) is 3.77. The maximum atomic E-state index is 13.0. The van der Waals surface area contributed by atoms with Crippen LogP contribution >= 0.6 is 0 Å². The first-order chi connectivity index (χ1) is 10.6. The summed E-state index contributed by atoms with van der Waals surface area (Å²) in [5, 5.41) is 10.4. The Morgan fingerprint density at radius 3 is 2.23 bits per heavy atom. The van der Waals surface area contributed by atoms with Crippen molar-refractivity contribution in [1.29, 1.82) is 0 Å². The van der Waals surface area contributed by atoms with Gasteiger partial charge in [0.25, 0.3) is 0 Å². The van der Waals surface area contributed by atoms with Crippen LogP contribution in [-0.2, 0) is 6.54 Å². The zero-order chi connectivity index (χ0) is 15.5. The minimum Gasteiger partial charge on any atom is -0.419 e. The van der Waals surface area contributed by atoms with E-state index in [1.165, 1.54) is 24.3 Å². The standard InChI is InChI=1S/C15H10F3N3O/c16-10-3-1-9(2-4-10)15-21-20-14(22-15)8-19-13-6-11(17)5-12(18)7-13/h1-7,19H,8H2. The molecular formula is C15H10F3N3O. The molecule has 0 saturated heterocycles. The number of nitrogens with one attached hydrogen (secondary N) is 1. The number of aromatic nitrogens is 2. The topological polar surface area (TPSA) is 51.0 Å². The Kier molecular flexibility index (Phi) is 3.78. The summed E-state index contributed by atoms with van der Waals surface area (Å²) < 4.78 is 44.3. The Balaban J connectivity index is 1.70. The molecule has 0 amide bonds. The van der Waals surface area contributed by atoms with Gasteiger partial charge in [-0.2, -0.15) is 0 Å². The molecule has 0 aliphatic rings. The molecule has 0 atom stereocenters. The molecule has 0 aliphatic carbocycles. The van der Waals surface area contributed by atoms with Gasteiger partial charge in [-0.15, -0.1) is 10.2 Å². The molecule has 0 aliphatic heterocycles. The summed E-state index contributed by atoms with van der Waals surface area (Å²) >= 11 is 0. The van der Waals surface area contributed by atoms with Gasteiger partial charge in [-0.05, 0) is 36.4 Å². The van der Waals surface area contributed by atoms with E-state index < -0.39 is 11.6 Å². The third-order valence-corrected chi connectivity index (χ3v) is 2.86. The largest absolute Gasteiger partial charge is 0.419 e. The Hall–Kier alpha value is -2.83. The van der Waals surface area contributed by atoms with Crippen molar-refractivity contribution in [3.8, 4) is 11.5 Å². The molecule has 3 aromatic rings. The van der Waals surface area contributed by atoms with Gasteiger partial charge in [0.1, 0.15) is 17.5 Å². The van der Waals surface area contributed by atoms with E-state index in [-0.39, 0.29) is 29.8 Å². The van der Waals surface area contributed by atoms with E-state index in [9.17, 15) is 13.2 Å². The van der Waals surface area contributed by atoms with Crippen molar-refractivity contribution in [3.05, 3.63) is 65.8 Å². The highest BCUT2D eigenvalue weighted by Crippen LogP contribution is 2.19. The second-order valence-electron chi connectivity index (χ2n) is 4.52. The van der Waals surface area contributed by atoms with Crippen LogP contribution in [0.4, 0.5) is 18.9 Å². The lowest BCUT2D eigenvalue weighted by molar-refractivity contribution is 0.514. The average molecular weight is 305 g/mol. The summed E-state index contributed by atoms with van der Waals surface area (Å²) in [4.78, 5) is 0. The van der Waals surface area contributed by atoms with Crippen LogP contribution in [0.25, 0.3) is 11.5 Å². The number of hydrogen-bond donors (Lipinski definition) is 1. The van der Waals surface area contributed by atoms with Gasteiger partial charge in [0.2, 0.25) is 11.8 Å². The molecule has 2 aromatic carbocycles. The lowest BCUT2D eigenvalue weighted by Gasteiger charge is -2.03. The maximum Gasteiger partial charge on any atom is 0.247 e. The summed E-state index contributed by atoms with van der Waals surface area (Å²) in [5.74, 6) is -1.25. The molecule has 1 N–H and O–H groups in total. The van der Waals surface area contributed by atoms with Crippen molar-refractivity contribution in [1.82, 2.24) is 10.2 Å². The fourth-order valence-corrected chi connectivity index (χ4v) is 1.87. The molecule has 0 spiro atoms. The van der Waals surface area contributed by atoms with Crippen molar-refractivity contribution in [2.75, 3.05) is 5.32 Å². The van der Waals surface area contributed by atoms with Gasteiger partial charge in [0.05, 0.1) is 6.54 Å². The Morgan fingerprint density at radius 1 is 0.864 bits per heavy atom. The lowest BCUT2D eigenvalue weighted by atomic mass is 10.2.